The molecular weight excluding hydrogens is 314 g/mol. The molecule has 1 aliphatic heterocycles. The van der Waals surface area contributed by atoms with Gasteiger partial charge in [-0.3, -0.25) is 0 Å². The minimum atomic E-state index is 0.598. The lowest BCUT2D eigenvalue weighted by atomic mass is 10.1. The van der Waals surface area contributed by atoms with Gasteiger partial charge in [-0.25, -0.2) is 0 Å². The first kappa shape index (κ1) is 15.9. The number of halogens is 1. The third kappa shape index (κ3) is 3.66. The third-order valence-corrected chi connectivity index (χ3v) is 5.37. The molecule has 0 atom stereocenters. The summed E-state index contributed by atoms with van der Waals surface area (Å²) >= 11 is 11.7. The van der Waals surface area contributed by atoms with E-state index < -0.39 is 0 Å². The average molecular weight is 338 g/mol. The highest BCUT2D eigenvalue weighted by Gasteiger charge is 2.23. The summed E-state index contributed by atoms with van der Waals surface area (Å²) in [7, 11) is 0. The van der Waals surface area contributed by atoms with Gasteiger partial charge in [0.1, 0.15) is 0 Å². The minimum absolute atomic E-state index is 0.598. The van der Waals surface area contributed by atoms with Crippen molar-refractivity contribution in [3.8, 4) is 0 Å². The Bertz CT molecular complexity index is 535. The largest absolute Gasteiger partial charge is 0.368 e. The van der Waals surface area contributed by atoms with E-state index in [-0.39, 0.29) is 0 Å². The maximum absolute atomic E-state index is 6.14. The molecule has 1 aliphatic carbocycles. The third-order valence-electron chi connectivity index (χ3n) is 4.76. The zero-order chi connectivity index (χ0) is 15.5. The predicted molar refractivity (Wildman–Crippen MR) is 98.0 cm³/mol. The van der Waals surface area contributed by atoms with Gasteiger partial charge < -0.3 is 15.1 Å². The summed E-state index contributed by atoms with van der Waals surface area (Å²) < 4.78 is 0. The van der Waals surface area contributed by atoms with Crippen LogP contribution in [0.25, 0.3) is 0 Å². The second-order valence-electron chi connectivity index (χ2n) is 6.34. The molecule has 0 aromatic heterocycles. The van der Waals surface area contributed by atoms with Crippen molar-refractivity contribution in [1.29, 1.82) is 0 Å². The maximum Gasteiger partial charge on any atom is 0.169 e. The molecule has 1 saturated carbocycles. The highest BCUT2D eigenvalue weighted by Crippen LogP contribution is 2.25. The van der Waals surface area contributed by atoms with E-state index in [9.17, 15) is 0 Å². The topological polar surface area (TPSA) is 18.5 Å². The fourth-order valence-corrected chi connectivity index (χ4v) is 3.93. The van der Waals surface area contributed by atoms with Gasteiger partial charge in [-0.15, -0.1) is 0 Å². The summed E-state index contributed by atoms with van der Waals surface area (Å²) in [6.45, 7) is 6.08. The van der Waals surface area contributed by atoms with Crippen LogP contribution in [0.15, 0.2) is 18.2 Å². The van der Waals surface area contributed by atoms with Crippen LogP contribution in [0.2, 0.25) is 5.02 Å². The van der Waals surface area contributed by atoms with E-state index in [2.05, 4.69) is 34.2 Å². The van der Waals surface area contributed by atoms with Crippen LogP contribution in [0.3, 0.4) is 0 Å². The molecule has 5 heteroatoms. The summed E-state index contributed by atoms with van der Waals surface area (Å²) in [5.74, 6) is 0. The Morgan fingerprint density at radius 3 is 2.55 bits per heavy atom. The summed E-state index contributed by atoms with van der Waals surface area (Å²) in [6, 6.07) is 6.72. The molecule has 0 unspecified atom stereocenters. The molecule has 0 amide bonds. The van der Waals surface area contributed by atoms with Crippen molar-refractivity contribution < 1.29 is 0 Å². The highest BCUT2D eigenvalue weighted by molar-refractivity contribution is 7.80. The van der Waals surface area contributed by atoms with Crippen LogP contribution < -0.4 is 10.2 Å². The molecule has 1 N–H and O–H groups in total. The van der Waals surface area contributed by atoms with Crippen LogP contribution in [0.1, 0.15) is 31.2 Å². The Morgan fingerprint density at radius 1 is 1.18 bits per heavy atom. The zero-order valence-corrected chi connectivity index (χ0v) is 14.7. The zero-order valence-electron chi connectivity index (χ0n) is 13.1. The van der Waals surface area contributed by atoms with Crippen LogP contribution in [-0.2, 0) is 0 Å². The fourth-order valence-electron chi connectivity index (χ4n) is 3.41. The van der Waals surface area contributed by atoms with Gasteiger partial charge in [0.05, 0.1) is 0 Å². The molecule has 0 bridgehead atoms. The van der Waals surface area contributed by atoms with E-state index in [0.717, 1.165) is 36.3 Å². The molecule has 120 valence electrons. The molecule has 1 aromatic rings. The Hall–Kier alpha value is -1.00. The number of thiocarbonyl (C=S) groups is 1. The van der Waals surface area contributed by atoms with Crippen LogP contribution in [-0.4, -0.2) is 42.2 Å². The molecule has 2 fully saturated rings. The lowest BCUT2D eigenvalue weighted by Crippen LogP contribution is -2.53. The van der Waals surface area contributed by atoms with E-state index in [0.29, 0.717) is 6.04 Å². The number of benzene rings is 1. The van der Waals surface area contributed by atoms with Gasteiger partial charge in [-0.2, -0.15) is 0 Å². The average Bonchev–Trinajstić information content (AvgIpc) is 3.03. The van der Waals surface area contributed by atoms with Gasteiger partial charge in [0.2, 0.25) is 0 Å². The number of nitrogens with one attached hydrogen (secondary N) is 1. The van der Waals surface area contributed by atoms with Crippen LogP contribution in [0, 0.1) is 6.92 Å². The van der Waals surface area contributed by atoms with E-state index in [1.54, 1.807) is 0 Å². The minimum Gasteiger partial charge on any atom is -0.368 e. The van der Waals surface area contributed by atoms with Crippen molar-refractivity contribution >= 4 is 34.6 Å². The van der Waals surface area contributed by atoms with E-state index in [4.69, 9.17) is 23.8 Å². The normalized spacial score (nSPS) is 19.5. The van der Waals surface area contributed by atoms with Gasteiger partial charge >= 0.3 is 0 Å². The molecule has 1 heterocycles. The first-order chi connectivity index (χ1) is 10.6. The number of rotatable bonds is 2. The monoisotopic (exact) mass is 337 g/mol. The fraction of sp³-hybridized carbons (Fsp3) is 0.588. The van der Waals surface area contributed by atoms with Crippen molar-refractivity contribution in [2.75, 3.05) is 31.1 Å². The van der Waals surface area contributed by atoms with Crippen molar-refractivity contribution in [3.05, 3.63) is 28.8 Å². The van der Waals surface area contributed by atoms with Crippen molar-refractivity contribution in [1.82, 2.24) is 10.2 Å². The Kier molecular flexibility index (Phi) is 5.09. The maximum atomic E-state index is 6.14. The lowest BCUT2D eigenvalue weighted by molar-refractivity contribution is 0.374. The molecule has 1 saturated heterocycles. The number of nitrogens with zero attached hydrogens (tertiary/aromatic N) is 2. The SMILES string of the molecule is Cc1ccc(Cl)cc1N1CCN(C(=S)NC2CCCC2)CC1. The van der Waals surface area contributed by atoms with E-state index >= 15 is 0 Å². The molecule has 0 radical (unpaired) electrons. The first-order valence-electron chi connectivity index (χ1n) is 8.20. The van der Waals surface area contributed by atoms with E-state index in [1.165, 1.54) is 36.9 Å². The van der Waals surface area contributed by atoms with Crippen molar-refractivity contribution in [2.45, 2.75) is 38.6 Å². The number of hydrogen-bond donors (Lipinski definition) is 1. The molecule has 2 aliphatic rings. The summed E-state index contributed by atoms with van der Waals surface area (Å²) in [5, 5.41) is 5.29. The standard InChI is InChI=1S/C17H24ClN3S/c1-13-6-7-14(18)12-16(13)20-8-10-21(11-9-20)17(22)19-15-4-2-3-5-15/h6-7,12,15H,2-5,8-11H2,1H3,(H,19,22). The highest BCUT2D eigenvalue weighted by atomic mass is 35.5. The summed E-state index contributed by atoms with van der Waals surface area (Å²) in [5.41, 5.74) is 2.53. The second-order valence-corrected chi connectivity index (χ2v) is 7.16. The van der Waals surface area contributed by atoms with Gasteiger partial charge in [0.15, 0.2) is 5.11 Å². The predicted octanol–water partition coefficient (Wildman–Crippen LogP) is 3.59. The van der Waals surface area contributed by atoms with Crippen molar-refractivity contribution in [3.63, 3.8) is 0 Å². The second kappa shape index (κ2) is 7.05. The van der Waals surface area contributed by atoms with Gasteiger partial charge in [-0.05, 0) is 49.7 Å². The molecule has 3 rings (SSSR count). The number of hydrogen-bond acceptors (Lipinski definition) is 2. The quantitative estimate of drug-likeness (QED) is 0.831. The Balaban J connectivity index is 1.55. The van der Waals surface area contributed by atoms with Crippen LogP contribution in [0.5, 0.6) is 0 Å². The number of aryl methyl sites for hydroxylation is 1. The summed E-state index contributed by atoms with van der Waals surface area (Å²) in [6.07, 6.45) is 5.20. The molecule has 1 aromatic carbocycles. The number of piperazine rings is 1. The van der Waals surface area contributed by atoms with Gasteiger partial charge in [0, 0.05) is 42.9 Å². The van der Waals surface area contributed by atoms with Gasteiger partial charge in [-0.1, -0.05) is 30.5 Å². The van der Waals surface area contributed by atoms with Crippen molar-refractivity contribution in [2.24, 2.45) is 0 Å². The van der Waals surface area contributed by atoms with Crippen LogP contribution in [0.4, 0.5) is 5.69 Å². The Labute approximate surface area is 143 Å². The van der Waals surface area contributed by atoms with E-state index in [1.807, 2.05) is 6.07 Å². The smallest absolute Gasteiger partial charge is 0.169 e. The molecular formula is C17H24ClN3S. The Morgan fingerprint density at radius 2 is 1.86 bits per heavy atom. The molecule has 0 spiro atoms. The lowest BCUT2D eigenvalue weighted by Gasteiger charge is -2.38. The molecule has 22 heavy (non-hydrogen) atoms. The summed E-state index contributed by atoms with van der Waals surface area (Å²) in [4.78, 5) is 4.72. The van der Waals surface area contributed by atoms with Crippen LogP contribution >= 0.6 is 23.8 Å². The number of anilines is 1. The van der Waals surface area contributed by atoms with Gasteiger partial charge in [0.25, 0.3) is 0 Å². The first-order valence-corrected chi connectivity index (χ1v) is 8.98. The molecule has 3 nitrogen and oxygen atoms in total.